The first-order valence-corrected chi connectivity index (χ1v) is 7.29. The minimum Gasteiger partial charge on any atom is -0.335 e. The maximum absolute atomic E-state index is 11.8. The van der Waals surface area contributed by atoms with Gasteiger partial charge in [0.1, 0.15) is 0 Å². The number of carbonyl (C=O) groups is 1. The lowest BCUT2D eigenvalue weighted by Gasteiger charge is -2.31. The molecule has 3 fully saturated rings. The normalized spacial score (nSPS) is 37.6. The Kier molecular flexibility index (Phi) is 3.01. The fourth-order valence-corrected chi connectivity index (χ4v) is 4.00. The van der Waals surface area contributed by atoms with Gasteiger partial charge in [0.15, 0.2) is 0 Å². The van der Waals surface area contributed by atoms with Crippen LogP contribution in [0.25, 0.3) is 0 Å². The molecule has 2 N–H and O–H groups in total. The van der Waals surface area contributed by atoms with Crippen LogP contribution in [0.3, 0.4) is 0 Å². The number of carbonyl (C=O) groups excluding carboxylic acids is 1. The van der Waals surface area contributed by atoms with E-state index >= 15 is 0 Å². The van der Waals surface area contributed by atoms with Gasteiger partial charge in [-0.2, -0.15) is 0 Å². The predicted molar refractivity (Wildman–Crippen MR) is 67.7 cm³/mol. The number of amides is 2. The van der Waals surface area contributed by atoms with Crippen LogP contribution in [0.2, 0.25) is 0 Å². The van der Waals surface area contributed by atoms with Crippen LogP contribution in [0.5, 0.6) is 0 Å². The van der Waals surface area contributed by atoms with Crippen molar-refractivity contribution in [2.24, 2.45) is 17.8 Å². The third-order valence-corrected chi connectivity index (χ3v) is 5.23. The highest BCUT2D eigenvalue weighted by atomic mass is 16.2. The van der Waals surface area contributed by atoms with Crippen molar-refractivity contribution in [2.75, 3.05) is 0 Å². The quantitative estimate of drug-likeness (QED) is 0.777. The Bertz CT molecular complexity index is 301. The molecular weight excluding hydrogens is 212 g/mol. The number of nitrogens with one attached hydrogen (secondary N) is 2. The molecule has 0 aromatic heterocycles. The van der Waals surface area contributed by atoms with E-state index in [1.807, 2.05) is 0 Å². The third kappa shape index (κ3) is 2.29. The molecule has 0 saturated heterocycles. The van der Waals surface area contributed by atoms with E-state index in [1.165, 1.54) is 32.1 Å². The molecule has 0 radical (unpaired) electrons. The van der Waals surface area contributed by atoms with E-state index in [0.717, 1.165) is 30.6 Å². The van der Waals surface area contributed by atoms with E-state index in [4.69, 9.17) is 0 Å². The van der Waals surface area contributed by atoms with Crippen molar-refractivity contribution in [1.29, 1.82) is 0 Å². The Hall–Kier alpha value is -0.730. The van der Waals surface area contributed by atoms with Crippen LogP contribution in [0.4, 0.5) is 4.79 Å². The summed E-state index contributed by atoms with van der Waals surface area (Å²) in [7, 11) is 0. The lowest BCUT2D eigenvalue weighted by atomic mass is 9.84. The lowest BCUT2D eigenvalue weighted by molar-refractivity contribution is 0.210. The van der Waals surface area contributed by atoms with Crippen LogP contribution in [0, 0.1) is 17.8 Å². The molecule has 17 heavy (non-hydrogen) atoms. The predicted octanol–water partition coefficient (Wildman–Crippen LogP) is 2.66. The maximum atomic E-state index is 11.8. The molecule has 4 unspecified atom stereocenters. The van der Waals surface area contributed by atoms with Crippen LogP contribution >= 0.6 is 0 Å². The molecule has 3 nitrogen and oxygen atoms in total. The standard InChI is InChI=1S/C14H24N2O/c1-9(13-8-10-5-6-11(13)7-10)15-14(17)16-12-3-2-4-12/h9-13H,2-8H2,1H3,(H2,15,16,17). The number of fused-ring (bicyclic) bond motifs is 2. The molecule has 4 atom stereocenters. The number of urea groups is 1. The largest absolute Gasteiger partial charge is 0.335 e. The third-order valence-electron chi connectivity index (χ3n) is 5.23. The molecule has 3 aliphatic rings. The maximum Gasteiger partial charge on any atom is 0.315 e. The van der Waals surface area contributed by atoms with Gasteiger partial charge in [-0.15, -0.1) is 0 Å². The number of rotatable bonds is 3. The fraction of sp³-hybridized carbons (Fsp3) is 0.929. The molecule has 3 heteroatoms. The summed E-state index contributed by atoms with van der Waals surface area (Å²) < 4.78 is 0. The molecule has 0 spiro atoms. The molecule has 0 aliphatic heterocycles. The van der Waals surface area contributed by atoms with Crippen molar-refractivity contribution in [3.8, 4) is 0 Å². The van der Waals surface area contributed by atoms with E-state index in [1.54, 1.807) is 0 Å². The van der Waals surface area contributed by atoms with Crippen molar-refractivity contribution in [2.45, 2.75) is 64.0 Å². The Morgan fingerprint density at radius 2 is 2.00 bits per heavy atom. The molecule has 96 valence electrons. The summed E-state index contributed by atoms with van der Waals surface area (Å²) in [6.45, 7) is 2.19. The first kappa shape index (κ1) is 11.4. The van der Waals surface area contributed by atoms with Crippen LogP contribution in [0.15, 0.2) is 0 Å². The van der Waals surface area contributed by atoms with Gasteiger partial charge in [0.2, 0.25) is 0 Å². The first-order valence-electron chi connectivity index (χ1n) is 7.29. The SMILES string of the molecule is CC(NC(=O)NC1CCC1)C1CC2CCC1C2. The fourth-order valence-electron chi connectivity index (χ4n) is 4.00. The highest BCUT2D eigenvalue weighted by molar-refractivity contribution is 5.74. The minimum atomic E-state index is 0.0602. The molecular formula is C14H24N2O. The molecule has 0 heterocycles. The number of hydrogen-bond acceptors (Lipinski definition) is 1. The van der Waals surface area contributed by atoms with Gasteiger partial charge < -0.3 is 10.6 Å². The minimum absolute atomic E-state index is 0.0602. The summed E-state index contributed by atoms with van der Waals surface area (Å²) in [6, 6.07) is 0.859. The Morgan fingerprint density at radius 1 is 1.18 bits per heavy atom. The van der Waals surface area contributed by atoms with Crippen LogP contribution in [-0.4, -0.2) is 18.1 Å². The molecule has 0 aromatic rings. The zero-order valence-corrected chi connectivity index (χ0v) is 10.7. The van der Waals surface area contributed by atoms with Crippen molar-refractivity contribution in [3.63, 3.8) is 0 Å². The second-order valence-corrected chi connectivity index (χ2v) is 6.37. The second kappa shape index (κ2) is 4.51. The highest BCUT2D eigenvalue weighted by Crippen LogP contribution is 2.49. The van der Waals surface area contributed by atoms with Gasteiger partial charge in [0.05, 0.1) is 0 Å². The van der Waals surface area contributed by atoms with Crippen LogP contribution in [-0.2, 0) is 0 Å². The summed E-state index contributed by atoms with van der Waals surface area (Å²) in [6.07, 6.45) is 9.18. The lowest BCUT2D eigenvalue weighted by Crippen LogP contribution is -2.50. The monoisotopic (exact) mass is 236 g/mol. The molecule has 0 aromatic carbocycles. The van der Waals surface area contributed by atoms with E-state index in [0.29, 0.717) is 12.1 Å². The summed E-state index contributed by atoms with van der Waals surface area (Å²) in [5.41, 5.74) is 0. The average molecular weight is 236 g/mol. The van der Waals surface area contributed by atoms with Gasteiger partial charge in [-0.3, -0.25) is 0 Å². The Labute approximate surface area is 104 Å². The number of hydrogen-bond donors (Lipinski definition) is 2. The molecule has 3 saturated carbocycles. The van der Waals surface area contributed by atoms with Crippen LogP contribution < -0.4 is 10.6 Å². The topological polar surface area (TPSA) is 41.1 Å². The Balaban J connectivity index is 1.46. The van der Waals surface area contributed by atoms with E-state index < -0.39 is 0 Å². The zero-order valence-electron chi connectivity index (χ0n) is 10.7. The zero-order chi connectivity index (χ0) is 11.8. The van der Waals surface area contributed by atoms with Crippen molar-refractivity contribution in [3.05, 3.63) is 0 Å². The van der Waals surface area contributed by atoms with Gasteiger partial charge in [0, 0.05) is 12.1 Å². The summed E-state index contributed by atoms with van der Waals surface area (Å²) >= 11 is 0. The molecule has 2 bridgehead atoms. The van der Waals surface area contributed by atoms with Gasteiger partial charge in [-0.1, -0.05) is 6.42 Å². The smallest absolute Gasteiger partial charge is 0.315 e. The first-order chi connectivity index (χ1) is 8.22. The molecule has 3 rings (SSSR count). The summed E-state index contributed by atoms with van der Waals surface area (Å²) in [4.78, 5) is 11.8. The van der Waals surface area contributed by atoms with Crippen molar-refractivity contribution >= 4 is 6.03 Å². The highest BCUT2D eigenvalue weighted by Gasteiger charge is 2.42. The van der Waals surface area contributed by atoms with Crippen LogP contribution in [0.1, 0.15) is 51.9 Å². The van der Waals surface area contributed by atoms with Crippen molar-refractivity contribution < 1.29 is 4.79 Å². The second-order valence-electron chi connectivity index (χ2n) is 6.37. The van der Waals surface area contributed by atoms with Crippen molar-refractivity contribution in [1.82, 2.24) is 10.6 Å². The Morgan fingerprint density at radius 3 is 2.53 bits per heavy atom. The van der Waals surface area contributed by atoms with E-state index in [-0.39, 0.29) is 6.03 Å². The average Bonchev–Trinajstić information content (AvgIpc) is 2.85. The summed E-state index contributed by atoms with van der Waals surface area (Å²) in [5.74, 6) is 2.59. The van der Waals surface area contributed by atoms with E-state index in [9.17, 15) is 4.79 Å². The summed E-state index contributed by atoms with van der Waals surface area (Å²) in [5, 5.41) is 6.22. The van der Waals surface area contributed by atoms with Gasteiger partial charge in [0.25, 0.3) is 0 Å². The van der Waals surface area contributed by atoms with Gasteiger partial charge in [-0.05, 0) is 63.2 Å². The molecule has 3 aliphatic carbocycles. The van der Waals surface area contributed by atoms with Gasteiger partial charge >= 0.3 is 6.03 Å². The molecule has 2 amide bonds. The van der Waals surface area contributed by atoms with Gasteiger partial charge in [-0.25, -0.2) is 4.79 Å². The van der Waals surface area contributed by atoms with E-state index in [2.05, 4.69) is 17.6 Å².